The van der Waals surface area contributed by atoms with Crippen molar-refractivity contribution in [2.24, 2.45) is 23.3 Å². The van der Waals surface area contributed by atoms with Gasteiger partial charge in [0.1, 0.15) is 0 Å². The van der Waals surface area contributed by atoms with E-state index in [1.807, 2.05) is 0 Å². The predicted molar refractivity (Wildman–Crippen MR) is 53.6 cm³/mol. The summed E-state index contributed by atoms with van der Waals surface area (Å²) in [6, 6.07) is 0.210. The number of hydrogen-bond acceptors (Lipinski definition) is 2. The van der Waals surface area contributed by atoms with E-state index < -0.39 is 0 Å². The first kappa shape index (κ1) is 10.6. The third kappa shape index (κ3) is 2.25. The lowest BCUT2D eigenvalue weighted by atomic mass is 9.77. The zero-order valence-corrected chi connectivity index (χ0v) is 8.56. The first-order chi connectivity index (χ1) is 5.69. The van der Waals surface area contributed by atoms with Gasteiger partial charge in [-0.15, -0.1) is 23.2 Å². The third-order valence-corrected chi connectivity index (χ3v) is 3.56. The molecule has 0 bridgehead atoms. The Morgan fingerprint density at radius 1 is 0.917 bits per heavy atom. The van der Waals surface area contributed by atoms with Crippen molar-refractivity contribution < 1.29 is 0 Å². The number of nitrogens with two attached hydrogens (primary N) is 2. The van der Waals surface area contributed by atoms with Crippen LogP contribution in [0.2, 0.25) is 0 Å². The Hall–Kier alpha value is 0.500. The predicted octanol–water partition coefficient (Wildman–Crippen LogP) is 1.14. The van der Waals surface area contributed by atoms with E-state index in [9.17, 15) is 0 Å². The standard InChI is InChI=1S/C8H16Cl2N2/c9-3-5-1-7(11)8(12)2-6(5)4-10/h5-8H,1-4,11-12H2/t5?,6?,7-,8-/m0/s1. The summed E-state index contributed by atoms with van der Waals surface area (Å²) < 4.78 is 0. The molecule has 12 heavy (non-hydrogen) atoms. The average molecular weight is 211 g/mol. The lowest BCUT2D eigenvalue weighted by Crippen LogP contribution is -2.49. The van der Waals surface area contributed by atoms with Crippen molar-refractivity contribution in [1.82, 2.24) is 0 Å². The van der Waals surface area contributed by atoms with Crippen LogP contribution in [0.25, 0.3) is 0 Å². The largest absolute Gasteiger partial charge is 0.326 e. The molecular weight excluding hydrogens is 195 g/mol. The summed E-state index contributed by atoms with van der Waals surface area (Å²) in [6.45, 7) is 0. The maximum Gasteiger partial charge on any atom is 0.0255 e. The van der Waals surface area contributed by atoms with Crippen LogP contribution >= 0.6 is 23.2 Å². The molecule has 2 nitrogen and oxygen atoms in total. The molecule has 4 N–H and O–H groups in total. The minimum absolute atomic E-state index is 0.105. The van der Waals surface area contributed by atoms with E-state index in [0.717, 1.165) is 12.8 Å². The van der Waals surface area contributed by atoms with Crippen LogP contribution in [0.5, 0.6) is 0 Å². The molecule has 0 aromatic rings. The van der Waals surface area contributed by atoms with E-state index in [1.54, 1.807) is 0 Å². The second kappa shape index (κ2) is 4.66. The van der Waals surface area contributed by atoms with E-state index in [-0.39, 0.29) is 12.1 Å². The second-order valence-corrected chi connectivity index (χ2v) is 4.25. The fourth-order valence-electron chi connectivity index (χ4n) is 1.81. The Labute approximate surface area is 83.6 Å². The van der Waals surface area contributed by atoms with Gasteiger partial charge in [-0.25, -0.2) is 0 Å². The molecule has 72 valence electrons. The molecule has 1 rings (SSSR count). The van der Waals surface area contributed by atoms with Gasteiger partial charge in [0.25, 0.3) is 0 Å². The van der Waals surface area contributed by atoms with Crippen molar-refractivity contribution >= 4 is 23.2 Å². The highest BCUT2D eigenvalue weighted by Gasteiger charge is 2.32. The van der Waals surface area contributed by atoms with Gasteiger partial charge in [0.15, 0.2) is 0 Å². The average Bonchev–Trinajstić information content (AvgIpc) is 2.09. The summed E-state index contributed by atoms with van der Waals surface area (Å²) in [5, 5.41) is 0. The minimum Gasteiger partial charge on any atom is -0.326 e. The Morgan fingerprint density at radius 3 is 1.50 bits per heavy atom. The van der Waals surface area contributed by atoms with Crippen LogP contribution < -0.4 is 11.5 Å². The van der Waals surface area contributed by atoms with E-state index in [0.29, 0.717) is 23.6 Å². The third-order valence-electron chi connectivity index (χ3n) is 2.76. The monoisotopic (exact) mass is 210 g/mol. The Kier molecular flexibility index (Phi) is 4.11. The fraction of sp³-hybridized carbons (Fsp3) is 1.00. The molecule has 0 saturated heterocycles. The maximum absolute atomic E-state index is 5.83. The first-order valence-corrected chi connectivity index (χ1v) is 5.39. The van der Waals surface area contributed by atoms with E-state index >= 15 is 0 Å². The SMILES string of the molecule is N[C@H]1CC(CCl)C(CCl)C[C@@H]1N. The highest BCUT2D eigenvalue weighted by molar-refractivity contribution is 6.19. The molecular formula is C8H16Cl2N2. The molecule has 1 aliphatic carbocycles. The molecule has 2 unspecified atom stereocenters. The van der Waals surface area contributed by atoms with Crippen LogP contribution in [-0.2, 0) is 0 Å². The topological polar surface area (TPSA) is 52.0 Å². The fourth-order valence-corrected chi connectivity index (χ4v) is 2.57. The molecule has 0 radical (unpaired) electrons. The van der Waals surface area contributed by atoms with Crippen molar-refractivity contribution in [1.29, 1.82) is 0 Å². The van der Waals surface area contributed by atoms with E-state index in [4.69, 9.17) is 34.7 Å². The van der Waals surface area contributed by atoms with Crippen LogP contribution in [0.4, 0.5) is 0 Å². The second-order valence-electron chi connectivity index (χ2n) is 3.63. The zero-order valence-electron chi connectivity index (χ0n) is 7.05. The Balaban J connectivity index is 2.52. The Bertz CT molecular complexity index is 127. The summed E-state index contributed by atoms with van der Waals surface area (Å²) in [5.74, 6) is 2.22. The van der Waals surface area contributed by atoms with E-state index in [1.165, 1.54) is 0 Å². The molecule has 4 heteroatoms. The van der Waals surface area contributed by atoms with Gasteiger partial charge in [-0.3, -0.25) is 0 Å². The summed E-state index contributed by atoms with van der Waals surface area (Å²) in [6.07, 6.45) is 1.84. The van der Waals surface area contributed by atoms with Gasteiger partial charge >= 0.3 is 0 Å². The maximum atomic E-state index is 5.83. The van der Waals surface area contributed by atoms with Gasteiger partial charge in [0, 0.05) is 23.8 Å². The molecule has 0 aliphatic heterocycles. The summed E-state index contributed by atoms with van der Waals surface area (Å²) in [4.78, 5) is 0. The van der Waals surface area contributed by atoms with Crippen molar-refractivity contribution in [3.05, 3.63) is 0 Å². The van der Waals surface area contributed by atoms with Crippen LogP contribution in [0, 0.1) is 11.8 Å². The van der Waals surface area contributed by atoms with Crippen molar-refractivity contribution in [3.8, 4) is 0 Å². The van der Waals surface area contributed by atoms with Crippen LogP contribution in [-0.4, -0.2) is 23.8 Å². The Morgan fingerprint density at radius 2 is 1.25 bits per heavy atom. The number of rotatable bonds is 2. The first-order valence-electron chi connectivity index (χ1n) is 4.32. The molecule has 0 amide bonds. The number of alkyl halides is 2. The highest BCUT2D eigenvalue weighted by atomic mass is 35.5. The van der Waals surface area contributed by atoms with Gasteiger partial charge in [-0.05, 0) is 24.7 Å². The minimum atomic E-state index is 0.105. The summed E-state index contributed by atoms with van der Waals surface area (Å²) in [7, 11) is 0. The lowest BCUT2D eigenvalue weighted by molar-refractivity contribution is 0.230. The molecule has 0 aromatic heterocycles. The van der Waals surface area contributed by atoms with Gasteiger partial charge in [-0.1, -0.05) is 0 Å². The van der Waals surface area contributed by atoms with Gasteiger partial charge in [0.2, 0.25) is 0 Å². The van der Waals surface area contributed by atoms with Crippen molar-refractivity contribution in [3.63, 3.8) is 0 Å². The molecule has 0 heterocycles. The lowest BCUT2D eigenvalue weighted by Gasteiger charge is -2.36. The smallest absolute Gasteiger partial charge is 0.0255 e. The summed E-state index contributed by atoms with van der Waals surface area (Å²) >= 11 is 11.6. The molecule has 1 fully saturated rings. The van der Waals surface area contributed by atoms with Gasteiger partial charge in [-0.2, -0.15) is 0 Å². The quantitative estimate of drug-likeness (QED) is 0.673. The summed E-state index contributed by atoms with van der Waals surface area (Å²) in [5.41, 5.74) is 11.7. The van der Waals surface area contributed by atoms with Crippen molar-refractivity contribution in [2.75, 3.05) is 11.8 Å². The van der Waals surface area contributed by atoms with Gasteiger partial charge in [0.05, 0.1) is 0 Å². The number of hydrogen-bond donors (Lipinski definition) is 2. The van der Waals surface area contributed by atoms with Gasteiger partial charge < -0.3 is 11.5 Å². The molecule has 0 aromatic carbocycles. The molecule has 0 spiro atoms. The number of halogens is 2. The normalized spacial score (nSPS) is 43.0. The zero-order chi connectivity index (χ0) is 9.14. The molecule has 1 saturated carbocycles. The molecule has 1 aliphatic rings. The van der Waals surface area contributed by atoms with Crippen LogP contribution in [0.1, 0.15) is 12.8 Å². The van der Waals surface area contributed by atoms with Crippen LogP contribution in [0.3, 0.4) is 0 Å². The van der Waals surface area contributed by atoms with E-state index in [2.05, 4.69) is 0 Å². The van der Waals surface area contributed by atoms with Crippen molar-refractivity contribution in [2.45, 2.75) is 24.9 Å². The highest BCUT2D eigenvalue weighted by Crippen LogP contribution is 2.30. The molecule has 4 atom stereocenters. The van der Waals surface area contributed by atoms with Crippen LogP contribution in [0.15, 0.2) is 0 Å².